The molecule has 1 aliphatic heterocycles. The van der Waals surface area contributed by atoms with Crippen LogP contribution in [0.15, 0.2) is 30.3 Å². The van der Waals surface area contributed by atoms with Gasteiger partial charge in [0.25, 0.3) is 0 Å². The summed E-state index contributed by atoms with van der Waals surface area (Å²) >= 11 is 0. The normalized spacial score (nSPS) is 17.9. The molecule has 1 saturated heterocycles. The van der Waals surface area contributed by atoms with Crippen molar-refractivity contribution in [1.82, 2.24) is 20.0 Å². The fourth-order valence-electron chi connectivity index (χ4n) is 4.14. The molecule has 8 heteroatoms. The molecule has 1 unspecified atom stereocenters. The SMILES string of the molecule is CCCCN(CC(=O)NCc1c(C)nn(Cc2ccccc2)c1C)C1CCS(=O)(=O)C1. The summed E-state index contributed by atoms with van der Waals surface area (Å²) in [6.07, 6.45) is 2.58. The predicted octanol–water partition coefficient (Wildman–Crippen LogP) is 2.45. The molecule has 2 aromatic rings. The number of amides is 1. The topological polar surface area (TPSA) is 84.3 Å². The molecule has 1 atom stereocenters. The molecule has 1 amide bonds. The zero-order valence-electron chi connectivity index (χ0n) is 18.8. The van der Waals surface area contributed by atoms with Crippen molar-refractivity contribution in [2.45, 2.75) is 59.2 Å². The predicted molar refractivity (Wildman–Crippen MR) is 123 cm³/mol. The van der Waals surface area contributed by atoms with Gasteiger partial charge in [0, 0.05) is 23.8 Å². The van der Waals surface area contributed by atoms with Crippen molar-refractivity contribution in [3.63, 3.8) is 0 Å². The van der Waals surface area contributed by atoms with E-state index >= 15 is 0 Å². The number of hydrogen-bond acceptors (Lipinski definition) is 5. The van der Waals surface area contributed by atoms with E-state index in [0.29, 0.717) is 19.5 Å². The molecule has 7 nitrogen and oxygen atoms in total. The highest BCUT2D eigenvalue weighted by atomic mass is 32.2. The Kier molecular flexibility index (Phi) is 7.89. The average molecular weight is 447 g/mol. The van der Waals surface area contributed by atoms with Gasteiger partial charge < -0.3 is 5.32 Å². The van der Waals surface area contributed by atoms with Gasteiger partial charge in [-0.3, -0.25) is 14.4 Å². The first-order valence-corrected chi connectivity index (χ1v) is 12.9. The molecule has 1 N–H and O–H groups in total. The minimum absolute atomic E-state index is 0.0561. The highest BCUT2D eigenvalue weighted by molar-refractivity contribution is 7.91. The van der Waals surface area contributed by atoms with Crippen molar-refractivity contribution in [1.29, 1.82) is 0 Å². The molecule has 2 heterocycles. The molecule has 3 rings (SSSR count). The zero-order valence-corrected chi connectivity index (χ0v) is 19.6. The van der Waals surface area contributed by atoms with Crippen LogP contribution < -0.4 is 5.32 Å². The van der Waals surface area contributed by atoms with Gasteiger partial charge in [-0.2, -0.15) is 5.10 Å². The third-order valence-electron chi connectivity index (χ3n) is 6.04. The standard InChI is InChI=1S/C23H34N4O3S/c1-4-5-12-26(21-11-13-31(29,30)17-21)16-23(28)24-14-22-18(2)25-27(19(22)3)15-20-9-7-6-8-10-20/h6-10,21H,4-5,11-17H2,1-3H3,(H,24,28). The van der Waals surface area contributed by atoms with Gasteiger partial charge in [0.05, 0.1) is 30.3 Å². The van der Waals surface area contributed by atoms with Crippen molar-refractivity contribution in [2.75, 3.05) is 24.6 Å². The van der Waals surface area contributed by atoms with Gasteiger partial charge >= 0.3 is 0 Å². The second-order valence-electron chi connectivity index (χ2n) is 8.45. The number of nitrogens with one attached hydrogen (secondary N) is 1. The summed E-state index contributed by atoms with van der Waals surface area (Å²) in [5.74, 6) is 0.310. The molecular formula is C23H34N4O3S. The third-order valence-corrected chi connectivity index (χ3v) is 7.79. The van der Waals surface area contributed by atoms with Crippen molar-refractivity contribution in [3.05, 3.63) is 52.8 Å². The average Bonchev–Trinajstić information content (AvgIpc) is 3.22. The maximum Gasteiger partial charge on any atom is 0.234 e. The molecule has 1 aromatic carbocycles. The molecule has 0 aliphatic carbocycles. The molecule has 170 valence electrons. The first kappa shape index (κ1) is 23.5. The molecule has 1 aliphatic rings. The number of carbonyl (C=O) groups excluding carboxylic acids is 1. The van der Waals surface area contributed by atoms with Crippen molar-refractivity contribution < 1.29 is 13.2 Å². The van der Waals surface area contributed by atoms with E-state index in [2.05, 4.69) is 29.5 Å². The summed E-state index contributed by atoms with van der Waals surface area (Å²) < 4.78 is 25.8. The molecule has 0 bridgehead atoms. The maximum atomic E-state index is 12.7. The van der Waals surface area contributed by atoms with Crippen molar-refractivity contribution in [2.24, 2.45) is 0 Å². The van der Waals surface area contributed by atoms with Gasteiger partial charge in [-0.25, -0.2) is 8.42 Å². The van der Waals surface area contributed by atoms with Crippen molar-refractivity contribution in [3.8, 4) is 0 Å². The van der Waals surface area contributed by atoms with E-state index in [4.69, 9.17) is 0 Å². The Balaban J connectivity index is 1.60. The van der Waals surface area contributed by atoms with Crippen LogP contribution in [0.5, 0.6) is 0 Å². The summed E-state index contributed by atoms with van der Waals surface area (Å²) in [5, 5.41) is 7.68. The number of sulfone groups is 1. The number of aryl methyl sites for hydroxylation is 1. The van der Waals surface area contributed by atoms with E-state index in [1.165, 1.54) is 5.56 Å². The van der Waals surface area contributed by atoms with Gasteiger partial charge in [-0.1, -0.05) is 43.7 Å². The van der Waals surface area contributed by atoms with Crippen LogP contribution in [0.1, 0.15) is 48.7 Å². The monoisotopic (exact) mass is 446 g/mol. The van der Waals surface area contributed by atoms with Crippen molar-refractivity contribution >= 4 is 15.7 Å². The van der Waals surface area contributed by atoms with E-state index in [1.54, 1.807) is 0 Å². The number of rotatable bonds is 10. The number of hydrogen-bond donors (Lipinski definition) is 1. The molecule has 1 fully saturated rings. The Labute approximate surface area is 185 Å². The van der Waals surface area contributed by atoms with Gasteiger partial charge in [0.1, 0.15) is 0 Å². The first-order valence-electron chi connectivity index (χ1n) is 11.1. The Bertz CT molecular complexity index is 986. The number of nitrogens with zero attached hydrogens (tertiary/aromatic N) is 3. The van der Waals surface area contributed by atoms with Crippen LogP contribution in [0, 0.1) is 13.8 Å². The van der Waals surface area contributed by atoms with Crippen LogP contribution in [0.3, 0.4) is 0 Å². The summed E-state index contributed by atoms with van der Waals surface area (Å²) in [7, 11) is -2.98. The van der Waals surface area contributed by atoms with Crippen LogP contribution >= 0.6 is 0 Å². The van der Waals surface area contributed by atoms with E-state index in [9.17, 15) is 13.2 Å². The fourth-order valence-corrected chi connectivity index (χ4v) is 5.90. The van der Waals surface area contributed by atoms with E-state index in [0.717, 1.165) is 36.3 Å². The molecule has 0 radical (unpaired) electrons. The lowest BCUT2D eigenvalue weighted by atomic mass is 10.1. The van der Waals surface area contributed by atoms with Crippen LogP contribution in [-0.4, -0.2) is 59.6 Å². The lowest BCUT2D eigenvalue weighted by molar-refractivity contribution is -0.122. The summed E-state index contributed by atoms with van der Waals surface area (Å²) in [6, 6.07) is 10.1. The van der Waals surface area contributed by atoms with E-state index < -0.39 is 9.84 Å². The third kappa shape index (κ3) is 6.40. The summed E-state index contributed by atoms with van der Waals surface area (Å²) in [4.78, 5) is 14.7. The number of benzene rings is 1. The van der Waals surface area contributed by atoms with E-state index in [1.807, 2.05) is 41.6 Å². The molecule has 0 saturated carbocycles. The highest BCUT2D eigenvalue weighted by Gasteiger charge is 2.32. The minimum atomic E-state index is -2.98. The Morgan fingerprint density at radius 3 is 2.65 bits per heavy atom. The lowest BCUT2D eigenvalue weighted by Crippen LogP contribution is -2.44. The van der Waals surface area contributed by atoms with Gasteiger partial charge in [0.15, 0.2) is 9.84 Å². The van der Waals surface area contributed by atoms with Crippen LogP contribution in [-0.2, 0) is 27.7 Å². The number of aromatic nitrogens is 2. The quantitative estimate of drug-likeness (QED) is 0.606. The minimum Gasteiger partial charge on any atom is -0.351 e. The zero-order chi connectivity index (χ0) is 22.4. The first-order chi connectivity index (χ1) is 14.8. The molecule has 31 heavy (non-hydrogen) atoms. The number of unbranched alkanes of at least 4 members (excludes halogenated alkanes) is 1. The second-order valence-corrected chi connectivity index (χ2v) is 10.7. The second kappa shape index (κ2) is 10.4. The maximum absolute atomic E-state index is 12.7. The fraction of sp³-hybridized carbons (Fsp3) is 0.565. The smallest absolute Gasteiger partial charge is 0.234 e. The van der Waals surface area contributed by atoms with Gasteiger partial charge in [-0.15, -0.1) is 0 Å². The van der Waals surface area contributed by atoms with Gasteiger partial charge in [-0.05, 0) is 38.8 Å². The Morgan fingerprint density at radius 1 is 1.26 bits per heavy atom. The van der Waals surface area contributed by atoms with Gasteiger partial charge in [0.2, 0.25) is 5.91 Å². The molecule has 1 aromatic heterocycles. The molecular weight excluding hydrogens is 412 g/mol. The van der Waals surface area contributed by atoms with Crippen LogP contribution in [0.2, 0.25) is 0 Å². The van der Waals surface area contributed by atoms with Crippen LogP contribution in [0.25, 0.3) is 0 Å². The summed E-state index contributed by atoms with van der Waals surface area (Å²) in [6.45, 7) is 8.20. The number of carbonyl (C=O) groups is 1. The van der Waals surface area contributed by atoms with E-state index in [-0.39, 0.29) is 30.0 Å². The molecule has 0 spiro atoms. The Hall–Kier alpha value is -2.19. The van der Waals surface area contributed by atoms with Crippen LogP contribution in [0.4, 0.5) is 0 Å². The Morgan fingerprint density at radius 2 is 2.00 bits per heavy atom. The highest BCUT2D eigenvalue weighted by Crippen LogP contribution is 2.19. The largest absolute Gasteiger partial charge is 0.351 e. The lowest BCUT2D eigenvalue weighted by Gasteiger charge is -2.27. The summed E-state index contributed by atoms with van der Waals surface area (Å²) in [5.41, 5.74) is 4.18.